The SMILES string of the molecule is OC(C1CC(C2CCC3OCCOC3C2)NN1)C1CO1. The van der Waals surface area contributed by atoms with Gasteiger partial charge in [0, 0.05) is 6.04 Å². The summed E-state index contributed by atoms with van der Waals surface area (Å²) >= 11 is 0. The number of nitrogens with one attached hydrogen (secondary N) is 2. The van der Waals surface area contributed by atoms with Gasteiger partial charge >= 0.3 is 0 Å². The Morgan fingerprint density at radius 1 is 0.950 bits per heavy atom. The van der Waals surface area contributed by atoms with Crippen molar-refractivity contribution in [2.75, 3.05) is 19.8 Å². The van der Waals surface area contributed by atoms with Gasteiger partial charge in [-0.25, -0.2) is 0 Å². The van der Waals surface area contributed by atoms with Gasteiger partial charge in [0.1, 0.15) is 6.10 Å². The van der Waals surface area contributed by atoms with Gasteiger partial charge in [0.15, 0.2) is 0 Å². The predicted octanol–water partition coefficient (Wildman–Crippen LogP) is -0.435. The number of aliphatic hydroxyl groups is 1. The van der Waals surface area contributed by atoms with Gasteiger partial charge in [-0.2, -0.15) is 0 Å². The Bertz CT molecular complexity index is 352. The van der Waals surface area contributed by atoms with Crippen molar-refractivity contribution in [1.82, 2.24) is 10.9 Å². The Morgan fingerprint density at radius 3 is 2.55 bits per heavy atom. The largest absolute Gasteiger partial charge is 0.389 e. The Labute approximate surface area is 119 Å². The molecule has 0 radical (unpaired) electrons. The first-order valence-electron chi connectivity index (χ1n) is 7.85. The highest BCUT2D eigenvalue weighted by atomic mass is 16.6. The van der Waals surface area contributed by atoms with Gasteiger partial charge in [0.05, 0.1) is 44.2 Å². The van der Waals surface area contributed by atoms with Crippen molar-refractivity contribution >= 4 is 0 Å². The lowest BCUT2D eigenvalue weighted by molar-refractivity contribution is -0.163. The lowest BCUT2D eigenvalue weighted by Crippen LogP contribution is -2.47. The van der Waals surface area contributed by atoms with E-state index in [2.05, 4.69) is 10.9 Å². The normalized spacial score (nSPS) is 49.6. The molecule has 0 spiro atoms. The molecule has 0 aromatic heterocycles. The van der Waals surface area contributed by atoms with E-state index in [-0.39, 0.29) is 18.2 Å². The van der Waals surface area contributed by atoms with E-state index in [1.807, 2.05) is 0 Å². The summed E-state index contributed by atoms with van der Waals surface area (Å²) in [5, 5.41) is 10.1. The van der Waals surface area contributed by atoms with E-state index in [0.29, 0.717) is 24.7 Å². The molecule has 1 aliphatic carbocycles. The molecule has 6 heteroatoms. The summed E-state index contributed by atoms with van der Waals surface area (Å²) in [6, 6.07) is 0.522. The van der Waals surface area contributed by atoms with Crippen LogP contribution in [0.5, 0.6) is 0 Å². The van der Waals surface area contributed by atoms with E-state index >= 15 is 0 Å². The minimum atomic E-state index is -0.391. The number of hydrogen-bond donors (Lipinski definition) is 3. The van der Waals surface area contributed by atoms with Crippen LogP contribution in [0.15, 0.2) is 0 Å². The van der Waals surface area contributed by atoms with Crippen LogP contribution in [0.25, 0.3) is 0 Å². The third-order valence-electron chi connectivity index (χ3n) is 5.20. The maximum absolute atomic E-state index is 10.1. The van der Waals surface area contributed by atoms with Crippen LogP contribution < -0.4 is 10.9 Å². The van der Waals surface area contributed by atoms with Gasteiger partial charge in [0.2, 0.25) is 0 Å². The van der Waals surface area contributed by atoms with Crippen LogP contribution in [0.2, 0.25) is 0 Å². The first kappa shape index (κ1) is 13.4. The van der Waals surface area contributed by atoms with Crippen LogP contribution in [0, 0.1) is 5.92 Å². The monoisotopic (exact) mass is 284 g/mol. The van der Waals surface area contributed by atoms with Crippen molar-refractivity contribution in [3.05, 3.63) is 0 Å². The molecule has 1 saturated carbocycles. The maximum Gasteiger partial charge on any atom is 0.108 e. The summed E-state index contributed by atoms with van der Waals surface area (Å²) in [6.45, 7) is 2.16. The molecule has 4 fully saturated rings. The van der Waals surface area contributed by atoms with E-state index in [9.17, 15) is 5.11 Å². The number of rotatable bonds is 3. The molecular weight excluding hydrogens is 260 g/mol. The summed E-state index contributed by atoms with van der Waals surface area (Å²) in [5.74, 6) is 0.600. The average molecular weight is 284 g/mol. The van der Waals surface area contributed by atoms with E-state index < -0.39 is 6.10 Å². The van der Waals surface area contributed by atoms with Gasteiger partial charge < -0.3 is 19.3 Å². The van der Waals surface area contributed by atoms with Crippen LogP contribution in [0.3, 0.4) is 0 Å². The zero-order valence-corrected chi connectivity index (χ0v) is 11.7. The first-order chi connectivity index (χ1) is 9.81. The van der Waals surface area contributed by atoms with Crippen molar-refractivity contribution in [3.63, 3.8) is 0 Å². The second kappa shape index (κ2) is 5.51. The zero-order chi connectivity index (χ0) is 13.5. The van der Waals surface area contributed by atoms with Crippen LogP contribution in [-0.4, -0.2) is 61.4 Å². The third kappa shape index (κ3) is 2.61. The van der Waals surface area contributed by atoms with E-state index in [1.165, 1.54) is 6.42 Å². The highest BCUT2D eigenvalue weighted by molar-refractivity contribution is 4.97. The molecule has 3 heterocycles. The molecule has 4 aliphatic rings. The highest BCUT2D eigenvalue weighted by Gasteiger charge is 2.44. The minimum Gasteiger partial charge on any atom is -0.389 e. The van der Waals surface area contributed by atoms with Gasteiger partial charge in [-0.1, -0.05) is 0 Å². The van der Waals surface area contributed by atoms with Crippen molar-refractivity contribution in [2.24, 2.45) is 5.92 Å². The zero-order valence-electron chi connectivity index (χ0n) is 11.7. The molecule has 0 amide bonds. The molecular formula is C14H24N2O4. The summed E-state index contributed by atoms with van der Waals surface area (Å²) < 4.78 is 16.8. The number of aliphatic hydroxyl groups excluding tert-OH is 1. The number of hydrogen-bond acceptors (Lipinski definition) is 6. The van der Waals surface area contributed by atoms with Crippen LogP contribution in [-0.2, 0) is 14.2 Å². The number of epoxide rings is 1. The summed E-state index contributed by atoms with van der Waals surface area (Å²) in [7, 11) is 0. The average Bonchev–Trinajstić information content (AvgIpc) is 3.23. The number of ether oxygens (including phenoxy) is 3. The number of fused-ring (bicyclic) bond motifs is 1. The van der Waals surface area contributed by atoms with Crippen LogP contribution >= 0.6 is 0 Å². The highest BCUT2D eigenvalue weighted by Crippen LogP contribution is 2.35. The Kier molecular flexibility index (Phi) is 3.70. The maximum atomic E-state index is 10.1. The third-order valence-corrected chi connectivity index (χ3v) is 5.20. The van der Waals surface area contributed by atoms with Gasteiger partial charge in [0.25, 0.3) is 0 Å². The lowest BCUT2D eigenvalue weighted by atomic mass is 9.79. The van der Waals surface area contributed by atoms with Crippen LogP contribution in [0.1, 0.15) is 25.7 Å². The number of hydrazine groups is 1. The van der Waals surface area contributed by atoms with Crippen LogP contribution in [0.4, 0.5) is 0 Å². The summed E-state index contributed by atoms with van der Waals surface area (Å²) in [6.07, 6.45) is 4.50. The molecule has 114 valence electrons. The molecule has 6 nitrogen and oxygen atoms in total. The van der Waals surface area contributed by atoms with E-state index in [1.54, 1.807) is 0 Å². The van der Waals surface area contributed by atoms with E-state index in [4.69, 9.17) is 14.2 Å². The molecule has 0 bridgehead atoms. The Hall–Kier alpha value is -0.240. The second-order valence-corrected chi connectivity index (χ2v) is 6.49. The van der Waals surface area contributed by atoms with Gasteiger partial charge in [-0.15, -0.1) is 0 Å². The molecule has 20 heavy (non-hydrogen) atoms. The quantitative estimate of drug-likeness (QED) is 0.610. The van der Waals surface area contributed by atoms with Gasteiger partial charge in [-0.05, 0) is 31.6 Å². The summed E-state index contributed by atoms with van der Waals surface area (Å²) in [5.41, 5.74) is 6.62. The van der Waals surface area contributed by atoms with Crippen molar-refractivity contribution in [3.8, 4) is 0 Å². The van der Waals surface area contributed by atoms with E-state index in [0.717, 1.165) is 32.5 Å². The Balaban J connectivity index is 1.32. The molecule has 0 aromatic carbocycles. The molecule has 7 unspecified atom stereocenters. The lowest BCUT2D eigenvalue weighted by Gasteiger charge is -2.40. The molecule has 7 atom stereocenters. The van der Waals surface area contributed by atoms with Crippen molar-refractivity contribution in [1.29, 1.82) is 0 Å². The van der Waals surface area contributed by atoms with Crippen molar-refractivity contribution in [2.45, 2.75) is 62.2 Å². The second-order valence-electron chi connectivity index (χ2n) is 6.49. The minimum absolute atomic E-state index is 0.0406. The molecule has 0 aromatic rings. The predicted molar refractivity (Wildman–Crippen MR) is 71.0 cm³/mol. The fourth-order valence-electron chi connectivity index (χ4n) is 3.92. The smallest absolute Gasteiger partial charge is 0.108 e. The molecule has 4 rings (SSSR count). The molecule has 3 N–H and O–H groups in total. The summed E-state index contributed by atoms with van der Waals surface area (Å²) in [4.78, 5) is 0. The topological polar surface area (TPSA) is 75.3 Å². The standard InChI is InChI=1S/C14H24N2O4/c17-14(13-7-20-13)10-6-9(15-16-10)8-1-2-11-12(5-8)19-4-3-18-11/h8-17H,1-7H2. The van der Waals surface area contributed by atoms with Gasteiger partial charge in [-0.3, -0.25) is 10.9 Å². The fraction of sp³-hybridized carbons (Fsp3) is 1.00. The molecule has 3 aliphatic heterocycles. The first-order valence-corrected chi connectivity index (χ1v) is 7.85. The molecule has 3 saturated heterocycles. The Morgan fingerprint density at radius 2 is 1.75 bits per heavy atom. The van der Waals surface area contributed by atoms with Crippen molar-refractivity contribution < 1.29 is 19.3 Å². The fourth-order valence-corrected chi connectivity index (χ4v) is 3.92.